The number of fused-ring (bicyclic) bond motifs is 2. The molecule has 23 heteroatoms. The van der Waals surface area contributed by atoms with Gasteiger partial charge in [-0.1, -0.05) is 110 Å². The summed E-state index contributed by atoms with van der Waals surface area (Å²) in [7, 11) is 1.42. The number of para-hydroxylation sites is 1. The highest BCUT2D eigenvalue weighted by Crippen LogP contribution is 2.28. The van der Waals surface area contributed by atoms with Crippen molar-refractivity contribution in [3.05, 3.63) is 161 Å². The van der Waals surface area contributed by atoms with Gasteiger partial charge in [0.05, 0.1) is 13.0 Å². The van der Waals surface area contributed by atoms with Crippen molar-refractivity contribution in [2.75, 3.05) is 20.2 Å². The van der Waals surface area contributed by atoms with Gasteiger partial charge in [-0.05, 0) is 85.7 Å². The van der Waals surface area contributed by atoms with Crippen molar-refractivity contribution in [1.29, 1.82) is 0 Å². The number of primary amides is 1. The SMILES string of the molecule is C/C=C\c1ccccc1/C=C/C(=O)N/C(=C\C)C(=O)N[C@@H](C)C(=O)N[C@H](C(N)=O)[C@H](C)C(=O)N1CC(=O)N[C@@H]([C@@H](O)c2ccccc2)C(=O)N2CCC[C@H]2C(=O)N[C@@H]([C@@H](O)c2ccc(OC)cc2)C(=O)N[C@H](Cc2c[nH]c3ccccc23)C1=O. The molecule has 2 aliphatic heterocycles. The average molecular weight is 1150 g/mol. The van der Waals surface area contributed by atoms with Gasteiger partial charge in [0, 0.05) is 36.1 Å². The Hall–Kier alpha value is -9.74. The van der Waals surface area contributed by atoms with Crippen LogP contribution in [-0.4, -0.2) is 141 Å². The maximum absolute atomic E-state index is 15.5. The van der Waals surface area contributed by atoms with Crippen molar-refractivity contribution in [3.8, 4) is 5.75 Å². The number of carbonyl (C=O) groups is 10. The number of nitrogens with zero attached hydrogens (tertiary/aromatic N) is 2. The lowest BCUT2D eigenvalue weighted by Crippen LogP contribution is -2.61. The molecule has 2 saturated heterocycles. The number of imide groups is 1. The molecular weight excluding hydrogens is 1080 g/mol. The molecule has 4 aromatic carbocycles. The summed E-state index contributed by atoms with van der Waals surface area (Å²) in [5.41, 5.74) is 8.50. The quantitative estimate of drug-likeness (QED) is 0.0561. The monoisotopic (exact) mass is 1150 g/mol. The molecule has 84 heavy (non-hydrogen) atoms. The fraction of sp³-hybridized carbons (Fsp3) is 0.311. The lowest BCUT2D eigenvalue weighted by atomic mass is 9.97. The van der Waals surface area contributed by atoms with Gasteiger partial charge in [-0.3, -0.25) is 52.8 Å². The van der Waals surface area contributed by atoms with Crippen LogP contribution in [0, 0.1) is 5.92 Å². The van der Waals surface area contributed by atoms with E-state index in [2.05, 4.69) is 36.9 Å². The normalized spacial score (nSPS) is 20.1. The number of amides is 10. The summed E-state index contributed by atoms with van der Waals surface area (Å²) in [6.07, 6.45) is 5.65. The number of benzene rings is 4. The van der Waals surface area contributed by atoms with E-state index in [9.17, 15) is 48.6 Å². The summed E-state index contributed by atoms with van der Waals surface area (Å²) >= 11 is 0. The minimum Gasteiger partial charge on any atom is -0.497 e. The number of aromatic nitrogens is 1. The van der Waals surface area contributed by atoms with Crippen LogP contribution in [0.2, 0.25) is 0 Å². The molecule has 23 nitrogen and oxygen atoms in total. The van der Waals surface area contributed by atoms with Crippen LogP contribution in [0.4, 0.5) is 0 Å². The Balaban J connectivity index is 1.23. The molecule has 0 bridgehead atoms. The Morgan fingerprint density at radius 1 is 0.762 bits per heavy atom. The fourth-order valence-corrected chi connectivity index (χ4v) is 9.97. The van der Waals surface area contributed by atoms with Gasteiger partial charge in [-0.15, -0.1) is 0 Å². The molecule has 11 N–H and O–H groups in total. The predicted molar refractivity (Wildman–Crippen MR) is 309 cm³/mol. The fourth-order valence-electron chi connectivity index (χ4n) is 9.97. The van der Waals surface area contributed by atoms with Crippen LogP contribution in [0.1, 0.15) is 80.6 Å². The lowest BCUT2D eigenvalue weighted by Gasteiger charge is -2.32. The standard InChI is InChI=1S/C61H68N10O13/c1-6-16-36-17-11-12-18-37(36)26-29-47(72)65-43(7-2)56(78)64-35(4)55(77)68-49(54(62)76)34(3)59(81)71-33-48(73)67-51(53(75)38-19-9-8-10-20-38)61(83)70-30-15-23-46(70)57(79)69-50(52(74)39-24-27-41(84-5)28-25-39)58(80)66-45(60(71)82)31-40-32-63-44-22-14-13-21-42(40)44/h6-14,16-22,24-29,32,34-35,45-46,49-53,63,74-75H,15,23,30-31,33H2,1-5H3,(H2,62,76)(H,64,78)(H,65,72)(H,66,80)(H,67,73)(H,68,77)(H,69,79)/b16-6-,29-26+,43-7-/t34-,35-,45+,46-,49-,50-,51-,52-,53-/m0/s1. The largest absolute Gasteiger partial charge is 0.497 e. The highest BCUT2D eigenvalue weighted by atomic mass is 16.5. The van der Waals surface area contributed by atoms with E-state index in [0.717, 1.165) is 23.0 Å². The maximum Gasteiger partial charge on any atom is 0.268 e. The van der Waals surface area contributed by atoms with Gasteiger partial charge in [0.15, 0.2) is 0 Å². The first-order chi connectivity index (χ1) is 40.2. The number of nitrogens with two attached hydrogens (primary N) is 1. The zero-order chi connectivity index (χ0) is 60.8. The van der Waals surface area contributed by atoms with Crippen LogP contribution in [0.15, 0.2) is 133 Å². The molecule has 10 amide bonds. The Morgan fingerprint density at radius 3 is 2.07 bits per heavy atom. The van der Waals surface area contributed by atoms with Gasteiger partial charge in [0.2, 0.25) is 47.3 Å². The second kappa shape index (κ2) is 28.3. The number of carbonyl (C=O) groups excluding carboxylic acids is 10. The molecule has 0 unspecified atom stereocenters. The molecule has 0 spiro atoms. The summed E-state index contributed by atoms with van der Waals surface area (Å²) in [5.74, 6) is -12.1. The van der Waals surface area contributed by atoms with Crippen molar-refractivity contribution < 1.29 is 62.9 Å². The van der Waals surface area contributed by atoms with E-state index in [4.69, 9.17) is 10.5 Å². The summed E-state index contributed by atoms with van der Waals surface area (Å²) in [5, 5.41) is 39.5. The van der Waals surface area contributed by atoms with E-state index in [1.165, 1.54) is 69.5 Å². The van der Waals surface area contributed by atoms with E-state index in [-0.39, 0.29) is 36.2 Å². The number of aromatic amines is 1. The molecule has 0 radical (unpaired) electrons. The van der Waals surface area contributed by atoms with E-state index >= 15 is 9.59 Å². The van der Waals surface area contributed by atoms with Crippen LogP contribution in [0.3, 0.4) is 0 Å². The van der Waals surface area contributed by atoms with Crippen LogP contribution in [0.25, 0.3) is 23.1 Å². The first-order valence-corrected chi connectivity index (χ1v) is 27.2. The number of aliphatic hydroxyl groups is 2. The van der Waals surface area contributed by atoms with E-state index in [1.807, 2.05) is 31.2 Å². The zero-order valence-electron chi connectivity index (χ0n) is 46.9. The molecule has 3 heterocycles. The van der Waals surface area contributed by atoms with Gasteiger partial charge < -0.3 is 62.5 Å². The summed E-state index contributed by atoms with van der Waals surface area (Å²) in [6.45, 7) is 4.41. The summed E-state index contributed by atoms with van der Waals surface area (Å²) < 4.78 is 5.28. The number of aliphatic hydroxyl groups excluding tert-OH is 2. The minimum absolute atomic E-state index is 0.0451. The Bertz CT molecular complexity index is 3380. The summed E-state index contributed by atoms with van der Waals surface area (Å²) in [4.78, 5) is 148. The van der Waals surface area contributed by atoms with E-state index in [1.54, 1.807) is 66.9 Å². The van der Waals surface area contributed by atoms with Gasteiger partial charge in [-0.25, -0.2) is 0 Å². The number of ether oxygens (including phenoxy) is 1. The zero-order valence-corrected chi connectivity index (χ0v) is 46.9. The molecule has 0 saturated carbocycles. The number of rotatable bonds is 18. The molecule has 1 aromatic heterocycles. The number of hydrogen-bond acceptors (Lipinski definition) is 13. The molecular formula is C61H68N10O13. The van der Waals surface area contributed by atoms with Crippen LogP contribution < -0.4 is 42.4 Å². The van der Waals surface area contributed by atoms with Crippen LogP contribution >= 0.6 is 0 Å². The molecule has 2 aliphatic rings. The van der Waals surface area contributed by atoms with Crippen molar-refractivity contribution >= 4 is 82.1 Å². The van der Waals surface area contributed by atoms with E-state index in [0.29, 0.717) is 27.1 Å². The highest BCUT2D eigenvalue weighted by molar-refractivity contribution is 6.07. The molecule has 0 aliphatic carbocycles. The average Bonchev–Trinajstić information content (AvgIpc) is 3.63. The van der Waals surface area contributed by atoms with Crippen LogP contribution in [-0.2, 0) is 54.4 Å². The second-order valence-corrected chi connectivity index (χ2v) is 20.2. The summed E-state index contributed by atoms with van der Waals surface area (Å²) in [6, 6.07) is 17.6. The van der Waals surface area contributed by atoms with Crippen molar-refractivity contribution in [3.63, 3.8) is 0 Å². The number of methoxy groups -OCH3 is 1. The molecule has 2 fully saturated rings. The third-order valence-corrected chi connectivity index (χ3v) is 14.6. The van der Waals surface area contributed by atoms with Crippen molar-refractivity contribution in [2.45, 2.75) is 95.4 Å². The Kier molecular flexibility index (Phi) is 20.8. The third-order valence-electron chi connectivity index (χ3n) is 14.6. The topological polar surface area (TPSA) is 341 Å². The number of nitrogens with one attached hydrogen (secondary N) is 7. The molecule has 440 valence electrons. The molecule has 5 aromatic rings. The van der Waals surface area contributed by atoms with Crippen LogP contribution in [0.5, 0.6) is 5.75 Å². The Morgan fingerprint density at radius 2 is 1.40 bits per heavy atom. The lowest BCUT2D eigenvalue weighted by molar-refractivity contribution is -0.154. The number of H-pyrrole nitrogens is 1. The first kappa shape index (κ1) is 61.9. The third kappa shape index (κ3) is 14.8. The maximum atomic E-state index is 15.5. The Labute approximate surface area is 484 Å². The predicted octanol–water partition coefficient (Wildman–Crippen LogP) is 1.88. The van der Waals surface area contributed by atoms with Gasteiger partial charge >= 0.3 is 0 Å². The smallest absolute Gasteiger partial charge is 0.268 e. The highest BCUT2D eigenvalue weighted by Gasteiger charge is 2.45. The van der Waals surface area contributed by atoms with E-state index < -0.39 is 126 Å². The number of allylic oxidation sites excluding steroid dienone is 2. The minimum atomic E-state index is -1.96. The van der Waals surface area contributed by atoms with Gasteiger partial charge in [0.1, 0.15) is 66.5 Å². The van der Waals surface area contributed by atoms with Gasteiger partial charge in [-0.2, -0.15) is 0 Å². The second-order valence-electron chi connectivity index (χ2n) is 20.2. The molecule has 9 atom stereocenters. The van der Waals surface area contributed by atoms with Crippen molar-refractivity contribution in [1.82, 2.24) is 46.7 Å². The van der Waals surface area contributed by atoms with Crippen molar-refractivity contribution in [2.24, 2.45) is 11.7 Å². The number of hydrogen-bond donors (Lipinski definition) is 10. The first-order valence-electron chi connectivity index (χ1n) is 27.2. The van der Waals surface area contributed by atoms with Gasteiger partial charge in [0.25, 0.3) is 11.8 Å². The molecule has 7 rings (SSSR count).